The highest BCUT2D eigenvalue weighted by molar-refractivity contribution is 7.89. The van der Waals surface area contributed by atoms with Gasteiger partial charge in [0.2, 0.25) is 5.16 Å². The van der Waals surface area contributed by atoms with Gasteiger partial charge in [0.05, 0.1) is 22.8 Å². The molecule has 21 heavy (non-hydrogen) atoms. The third-order valence-corrected chi connectivity index (χ3v) is 4.45. The summed E-state index contributed by atoms with van der Waals surface area (Å²) < 4.78 is 27.3. The van der Waals surface area contributed by atoms with Gasteiger partial charge in [0.1, 0.15) is 0 Å². The Morgan fingerprint density at radius 2 is 1.90 bits per heavy atom. The Kier molecular flexibility index (Phi) is 3.44. The van der Waals surface area contributed by atoms with E-state index >= 15 is 0 Å². The van der Waals surface area contributed by atoms with Crippen molar-refractivity contribution in [3.8, 4) is 0 Å². The molecule has 1 unspecified atom stereocenters. The number of hydrogen-bond donors (Lipinski definition) is 2. The van der Waals surface area contributed by atoms with E-state index < -0.39 is 16.1 Å². The average Bonchev–Trinajstić information content (AvgIpc) is 2.92. The number of rotatable bonds is 4. The molecule has 2 heterocycles. The molecule has 108 valence electrons. The standard InChI is InChI=1S/C14H14N4O2S/c1-10(11-6-4-5-9-15-11)18-21(19,20)14-16-12-7-2-3-8-13(12)17-14/h2-10,18H,1H3,(H,16,17). The predicted octanol–water partition coefficient (Wildman–Crippen LogP) is 2.00. The molecule has 0 spiro atoms. The van der Waals surface area contributed by atoms with Crippen LogP contribution in [0.15, 0.2) is 53.8 Å². The average molecular weight is 302 g/mol. The van der Waals surface area contributed by atoms with E-state index in [0.717, 1.165) is 0 Å². The number of para-hydroxylation sites is 2. The van der Waals surface area contributed by atoms with E-state index in [4.69, 9.17) is 0 Å². The maximum absolute atomic E-state index is 12.4. The summed E-state index contributed by atoms with van der Waals surface area (Å²) in [4.78, 5) is 11.1. The van der Waals surface area contributed by atoms with Gasteiger partial charge in [-0.1, -0.05) is 18.2 Å². The zero-order chi connectivity index (χ0) is 14.9. The van der Waals surface area contributed by atoms with Gasteiger partial charge >= 0.3 is 0 Å². The number of nitrogens with zero attached hydrogens (tertiary/aromatic N) is 2. The monoisotopic (exact) mass is 302 g/mol. The number of nitrogens with one attached hydrogen (secondary N) is 2. The van der Waals surface area contributed by atoms with E-state index in [9.17, 15) is 8.42 Å². The van der Waals surface area contributed by atoms with Crippen molar-refractivity contribution in [2.24, 2.45) is 0 Å². The molecule has 0 aliphatic heterocycles. The molecule has 6 nitrogen and oxygen atoms in total. The fourth-order valence-electron chi connectivity index (χ4n) is 2.04. The van der Waals surface area contributed by atoms with Crippen molar-refractivity contribution in [3.63, 3.8) is 0 Å². The lowest BCUT2D eigenvalue weighted by atomic mass is 10.2. The van der Waals surface area contributed by atoms with Crippen molar-refractivity contribution in [3.05, 3.63) is 54.4 Å². The van der Waals surface area contributed by atoms with Crippen LogP contribution < -0.4 is 4.72 Å². The first-order valence-electron chi connectivity index (χ1n) is 6.44. The van der Waals surface area contributed by atoms with Crippen molar-refractivity contribution in [1.82, 2.24) is 19.7 Å². The Bertz CT molecular complexity index is 826. The van der Waals surface area contributed by atoms with Crippen LogP contribution in [0.1, 0.15) is 18.7 Å². The minimum absolute atomic E-state index is 0.0912. The Hall–Kier alpha value is -2.25. The molecule has 0 amide bonds. The minimum atomic E-state index is -3.73. The van der Waals surface area contributed by atoms with Crippen molar-refractivity contribution in [2.45, 2.75) is 18.1 Å². The van der Waals surface area contributed by atoms with E-state index in [0.29, 0.717) is 16.7 Å². The highest BCUT2D eigenvalue weighted by atomic mass is 32.2. The van der Waals surface area contributed by atoms with Gasteiger partial charge in [-0.05, 0) is 31.2 Å². The molecule has 0 aliphatic carbocycles. The maximum atomic E-state index is 12.4. The molecule has 0 fully saturated rings. The molecule has 3 rings (SSSR count). The smallest absolute Gasteiger partial charge is 0.274 e. The summed E-state index contributed by atoms with van der Waals surface area (Å²) in [5.41, 5.74) is 1.95. The van der Waals surface area contributed by atoms with Gasteiger partial charge in [0.15, 0.2) is 0 Å². The van der Waals surface area contributed by atoms with Gasteiger partial charge in [0.25, 0.3) is 10.0 Å². The van der Waals surface area contributed by atoms with Crippen molar-refractivity contribution >= 4 is 21.1 Å². The predicted molar refractivity (Wildman–Crippen MR) is 79.1 cm³/mol. The summed E-state index contributed by atoms with van der Waals surface area (Å²) in [6, 6.07) is 12.1. The van der Waals surface area contributed by atoms with Crippen LogP contribution in [0.25, 0.3) is 11.0 Å². The number of imidazole rings is 1. The van der Waals surface area contributed by atoms with Crippen molar-refractivity contribution in [2.75, 3.05) is 0 Å². The van der Waals surface area contributed by atoms with Crippen LogP contribution in [-0.4, -0.2) is 23.4 Å². The van der Waals surface area contributed by atoms with E-state index in [2.05, 4.69) is 19.7 Å². The fraction of sp³-hybridized carbons (Fsp3) is 0.143. The number of hydrogen-bond acceptors (Lipinski definition) is 4. The topological polar surface area (TPSA) is 87.7 Å². The van der Waals surface area contributed by atoms with Crippen molar-refractivity contribution in [1.29, 1.82) is 0 Å². The molecular weight excluding hydrogens is 288 g/mol. The number of benzene rings is 1. The van der Waals surface area contributed by atoms with E-state index in [1.165, 1.54) is 0 Å². The molecular formula is C14H14N4O2S. The summed E-state index contributed by atoms with van der Waals surface area (Å²) in [5.74, 6) is 0. The Morgan fingerprint density at radius 1 is 1.14 bits per heavy atom. The van der Waals surface area contributed by atoms with Gasteiger partial charge in [-0.3, -0.25) is 4.98 Å². The van der Waals surface area contributed by atoms with Gasteiger partial charge in [-0.15, -0.1) is 0 Å². The van der Waals surface area contributed by atoms with E-state index in [1.54, 1.807) is 37.4 Å². The summed E-state index contributed by atoms with van der Waals surface area (Å²) in [6.07, 6.45) is 1.63. The van der Waals surface area contributed by atoms with Crippen LogP contribution in [-0.2, 0) is 10.0 Å². The first-order valence-corrected chi connectivity index (χ1v) is 7.92. The third-order valence-electron chi connectivity index (χ3n) is 3.09. The lowest BCUT2D eigenvalue weighted by Crippen LogP contribution is -2.28. The largest absolute Gasteiger partial charge is 0.328 e. The molecule has 1 aromatic carbocycles. The number of pyridine rings is 1. The Labute approximate surface area is 122 Å². The summed E-state index contributed by atoms with van der Waals surface area (Å²) in [5, 5.41) is -0.0912. The minimum Gasteiger partial charge on any atom is -0.328 e. The number of aromatic amines is 1. The number of fused-ring (bicyclic) bond motifs is 1. The molecule has 1 atom stereocenters. The fourth-order valence-corrected chi connectivity index (χ4v) is 3.20. The highest BCUT2D eigenvalue weighted by Crippen LogP contribution is 2.16. The Balaban J connectivity index is 1.90. The van der Waals surface area contributed by atoms with Gasteiger partial charge in [0, 0.05) is 6.20 Å². The Morgan fingerprint density at radius 3 is 2.62 bits per heavy atom. The molecule has 0 aliphatic rings. The van der Waals surface area contributed by atoms with Crippen LogP contribution >= 0.6 is 0 Å². The van der Waals surface area contributed by atoms with Crippen LogP contribution in [0, 0.1) is 0 Å². The first kappa shape index (κ1) is 13.7. The SMILES string of the molecule is CC(NS(=O)(=O)c1nc2ccccc2[nH]1)c1ccccn1. The lowest BCUT2D eigenvalue weighted by Gasteiger charge is -2.11. The molecule has 2 N–H and O–H groups in total. The zero-order valence-electron chi connectivity index (χ0n) is 11.3. The zero-order valence-corrected chi connectivity index (χ0v) is 12.1. The second-order valence-electron chi connectivity index (χ2n) is 4.66. The van der Waals surface area contributed by atoms with Crippen LogP contribution in [0.5, 0.6) is 0 Å². The van der Waals surface area contributed by atoms with E-state index in [1.807, 2.05) is 18.2 Å². The van der Waals surface area contributed by atoms with Crippen molar-refractivity contribution < 1.29 is 8.42 Å². The quantitative estimate of drug-likeness (QED) is 0.771. The van der Waals surface area contributed by atoms with E-state index in [-0.39, 0.29) is 5.16 Å². The van der Waals surface area contributed by atoms with Crippen LogP contribution in [0.3, 0.4) is 0 Å². The lowest BCUT2D eigenvalue weighted by molar-refractivity contribution is 0.557. The molecule has 2 aromatic heterocycles. The summed E-state index contributed by atoms with van der Waals surface area (Å²) >= 11 is 0. The third kappa shape index (κ3) is 2.79. The first-order chi connectivity index (χ1) is 10.1. The second kappa shape index (κ2) is 5.27. The highest BCUT2D eigenvalue weighted by Gasteiger charge is 2.22. The van der Waals surface area contributed by atoms with Crippen LogP contribution in [0.4, 0.5) is 0 Å². The molecule has 3 aromatic rings. The molecule has 0 saturated carbocycles. The molecule has 7 heteroatoms. The number of H-pyrrole nitrogens is 1. The molecule has 0 saturated heterocycles. The van der Waals surface area contributed by atoms with Gasteiger partial charge in [-0.2, -0.15) is 4.72 Å². The summed E-state index contributed by atoms with van der Waals surface area (Å²) in [6.45, 7) is 1.74. The molecule has 0 radical (unpaired) electrons. The van der Waals surface area contributed by atoms with Crippen LogP contribution in [0.2, 0.25) is 0 Å². The number of sulfonamides is 1. The maximum Gasteiger partial charge on any atom is 0.274 e. The van der Waals surface area contributed by atoms with Gasteiger partial charge < -0.3 is 4.98 Å². The second-order valence-corrected chi connectivity index (χ2v) is 6.29. The summed E-state index contributed by atoms with van der Waals surface area (Å²) in [7, 11) is -3.73. The van der Waals surface area contributed by atoms with Gasteiger partial charge in [-0.25, -0.2) is 13.4 Å². The number of aromatic nitrogens is 3. The molecule has 0 bridgehead atoms. The normalized spacial score (nSPS) is 13.4.